The van der Waals surface area contributed by atoms with Crippen LogP contribution in [0, 0.1) is 0 Å². The van der Waals surface area contributed by atoms with Crippen molar-refractivity contribution in [3.63, 3.8) is 0 Å². The van der Waals surface area contributed by atoms with Crippen LogP contribution in [-0.2, 0) is 6.61 Å². The maximum absolute atomic E-state index is 9.07. The molecule has 3 aromatic rings. The van der Waals surface area contributed by atoms with Gasteiger partial charge in [0.1, 0.15) is 22.0 Å². The van der Waals surface area contributed by atoms with Crippen molar-refractivity contribution >= 4 is 45.9 Å². The highest BCUT2D eigenvalue weighted by Gasteiger charge is 2.13. The summed E-state index contributed by atoms with van der Waals surface area (Å²) in [5.74, 6) is 0. The lowest BCUT2D eigenvalue weighted by molar-refractivity contribution is 0.285. The summed E-state index contributed by atoms with van der Waals surface area (Å²) in [6.45, 7) is -0.111. The second kappa shape index (κ2) is 4.81. The fourth-order valence-corrected chi connectivity index (χ4v) is 3.62. The summed E-state index contributed by atoms with van der Waals surface area (Å²) in [6.07, 6.45) is 3.02. The molecule has 0 saturated heterocycles. The smallest absolute Gasteiger partial charge is 0.181 e. The molecule has 0 atom stereocenters. The van der Waals surface area contributed by atoms with Gasteiger partial charge in [-0.1, -0.05) is 11.6 Å². The molecule has 92 valence electrons. The van der Waals surface area contributed by atoms with E-state index in [1.807, 2.05) is 0 Å². The fraction of sp³-hybridized carbons (Fsp3) is 0.111. The number of fused-ring (bicyclic) bond motifs is 1. The monoisotopic (exact) mass is 299 g/mol. The van der Waals surface area contributed by atoms with E-state index in [-0.39, 0.29) is 6.61 Å². The number of hydrogen-bond acceptors (Lipinski definition) is 7. The first-order valence-corrected chi connectivity index (χ1v) is 6.87. The van der Waals surface area contributed by atoms with Crippen LogP contribution in [0.15, 0.2) is 22.0 Å². The quantitative estimate of drug-likeness (QED) is 0.720. The van der Waals surface area contributed by atoms with Crippen LogP contribution in [0.1, 0.15) is 4.88 Å². The van der Waals surface area contributed by atoms with E-state index in [0.717, 1.165) is 14.9 Å². The zero-order valence-corrected chi connectivity index (χ0v) is 11.2. The molecule has 0 aliphatic carbocycles. The largest absolute Gasteiger partial charge is 0.391 e. The van der Waals surface area contributed by atoms with E-state index in [2.05, 4.69) is 24.9 Å². The second-order valence-electron chi connectivity index (χ2n) is 3.23. The van der Waals surface area contributed by atoms with Crippen LogP contribution in [0.2, 0.25) is 5.15 Å². The molecule has 0 spiro atoms. The Kier molecular flexibility index (Phi) is 3.16. The molecule has 0 saturated carbocycles. The Morgan fingerprint density at radius 1 is 1.39 bits per heavy atom. The minimum absolute atomic E-state index is 0.111. The van der Waals surface area contributed by atoms with Crippen molar-refractivity contribution in [3.05, 3.63) is 22.7 Å². The normalized spacial score (nSPS) is 11.2. The number of aromatic nitrogens is 5. The van der Waals surface area contributed by atoms with Gasteiger partial charge in [-0.15, -0.1) is 11.3 Å². The van der Waals surface area contributed by atoms with Crippen molar-refractivity contribution in [1.82, 2.24) is 24.9 Å². The number of aliphatic hydroxyl groups excluding tert-OH is 1. The fourth-order valence-electron chi connectivity index (χ4n) is 1.36. The zero-order chi connectivity index (χ0) is 12.5. The van der Waals surface area contributed by atoms with Gasteiger partial charge in [0.15, 0.2) is 9.99 Å². The van der Waals surface area contributed by atoms with Crippen molar-refractivity contribution in [2.45, 2.75) is 16.0 Å². The molecular formula is C9H6ClN5OS2. The summed E-state index contributed by atoms with van der Waals surface area (Å²) < 4.78 is 0.721. The van der Waals surface area contributed by atoms with Crippen LogP contribution in [0.4, 0.5) is 0 Å². The molecule has 0 amide bonds. The number of halogens is 1. The first-order valence-electron chi connectivity index (χ1n) is 4.86. The van der Waals surface area contributed by atoms with Gasteiger partial charge in [-0.05, 0) is 11.8 Å². The third-order valence-electron chi connectivity index (χ3n) is 2.15. The van der Waals surface area contributed by atoms with E-state index in [9.17, 15) is 0 Å². The number of imidazole rings is 1. The third-order valence-corrected chi connectivity index (χ3v) is 4.67. The molecule has 6 nitrogen and oxygen atoms in total. The minimum Gasteiger partial charge on any atom is -0.391 e. The summed E-state index contributed by atoms with van der Waals surface area (Å²) in [4.78, 5) is 20.1. The topological polar surface area (TPSA) is 87.6 Å². The summed E-state index contributed by atoms with van der Waals surface area (Å²) in [5, 5.41) is 10.1. The Labute approximate surface area is 114 Å². The van der Waals surface area contributed by atoms with E-state index in [4.69, 9.17) is 16.7 Å². The van der Waals surface area contributed by atoms with Crippen molar-refractivity contribution in [2.24, 2.45) is 0 Å². The van der Waals surface area contributed by atoms with Crippen LogP contribution >= 0.6 is 34.7 Å². The second-order valence-corrected chi connectivity index (χ2v) is 5.91. The first kappa shape index (κ1) is 11.8. The third kappa shape index (κ3) is 2.07. The molecule has 0 radical (unpaired) electrons. The number of aliphatic hydroxyl groups is 1. The minimum atomic E-state index is -0.111. The Morgan fingerprint density at radius 2 is 2.28 bits per heavy atom. The van der Waals surface area contributed by atoms with Crippen LogP contribution in [0.3, 0.4) is 0 Å². The summed E-state index contributed by atoms with van der Waals surface area (Å²) in [6, 6.07) is 0. The SMILES string of the molecule is OCc1sc(Sc2ncnc3nc[nH]c23)nc1Cl. The lowest BCUT2D eigenvalue weighted by Gasteiger charge is -1.96. The van der Waals surface area contributed by atoms with Gasteiger partial charge in [0.2, 0.25) is 0 Å². The molecule has 0 fully saturated rings. The molecule has 0 bridgehead atoms. The van der Waals surface area contributed by atoms with Crippen LogP contribution < -0.4 is 0 Å². The molecule has 3 aromatic heterocycles. The first-order chi connectivity index (χ1) is 8.78. The molecule has 18 heavy (non-hydrogen) atoms. The molecule has 0 aliphatic rings. The van der Waals surface area contributed by atoms with Crippen LogP contribution in [0.5, 0.6) is 0 Å². The van der Waals surface area contributed by atoms with Crippen molar-refractivity contribution < 1.29 is 5.11 Å². The Bertz CT molecular complexity index is 697. The van der Waals surface area contributed by atoms with Gasteiger partial charge in [0, 0.05) is 0 Å². The van der Waals surface area contributed by atoms with Crippen molar-refractivity contribution in [2.75, 3.05) is 0 Å². The lowest BCUT2D eigenvalue weighted by Crippen LogP contribution is -1.85. The highest BCUT2D eigenvalue weighted by atomic mass is 35.5. The number of H-pyrrole nitrogens is 1. The van der Waals surface area contributed by atoms with E-state index in [0.29, 0.717) is 15.7 Å². The molecule has 2 N–H and O–H groups in total. The van der Waals surface area contributed by atoms with Gasteiger partial charge in [-0.2, -0.15) is 0 Å². The van der Waals surface area contributed by atoms with Crippen LogP contribution in [0.25, 0.3) is 11.2 Å². The number of rotatable bonds is 3. The van der Waals surface area contributed by atoms with Gasteiger partial charge in [0.05, 0.1) is 17.8 Å². The van der Waals surface area contributed by atoms with Crippen molar-refractivity contribution in [3.8, 4) is 0 Å². The number of thiazole rings is 1. The van der Waals surface area contributed by atoms with Gasteiger partial charge >= 0.3 is 0 Å². The van der Waals surface area contributed by atoms with Gasteiger partial charge in [-0.25, -0.2) is 19.9 Å². The van der Waals surface area contributed by atoms with E-state index < -0.39 is 0 Å². The number of nitrogens with one attached hydrogen (secondary N) is 1. The maximum Gasteiger partial charge on any atom is 0.181 e. The predicted octanol–water partition coefficient (Wildman–Crippen LogP) is 2.11. The number of nitrogens with zero attached hydrogens (tertiary/aromatic N) is 4. The lowest BCUT2D eigenvalue weighted by atomic mass is 10.6. The summed E-state index contributed by atoms with van der Waals surface area (Å²) in [5.41, 5.74) is 1.37. The molecular weight excluding hydrogens is 294 g/mol. The van der Waals surface area contributed by atoms with E-state index in [1.165, 1.54) is 29.4 Å². The number of hydrogen-bond donors (Lipinski definition) is 2. The summed E-state index contributed by atoms with van der Waals surface area (Å²) in [7, 11) is 0. The molecule has 0 unspecified atom stereocenters. The zero-order valence-electron chi connectivity index (χ0n) is 8.79. The predicted molar refractivity (Wildman–Crippen MR) is 68.9 cm³/mol. The molecule has 3 heterocycles. The Balaban J connectivity index is 1.98. The van der Waals surface area contributed by atoms with Gasteiger partial charge in [0.25, 0.3) is 0 Å². The molecule has 0 aliphatic heterocycles. The highest BCUT2D eigenvalue weighted by Crippen LogP contribution is 2.35. The van der Waals surface area contributed by atoms with Crippen LogP contribution in [-0.4, -0.2) is 30.0 Å². The van der Waals surface area contributed by atoms with Crippen molar-refractivity contribution in [1.29, 1.82) is 0 Å². The standard InChI is InChI=1S/C9H6ClN5OS2/c10-6-4(1-16)17-9(15-6)18-8-5-7(12-2-11-5)13-3-14-8/h2-3,16H,1H2,(H,11,12,13,14). The average molecular weight is 300 g/mol. The van der Waals surface area contributed by atoms with E-state index >= 15 is 0 Å². The Hall–Kier alpha value is -1.22. The molecule has 9 heteroatoms. The number of aromatic amines is 1. The molecule has 3 rings (SSSR count). The highest BCUT2D eigenvalue weighted by molar-refractivity contribution is 8.01. The van der Waals surface area contributed by atoms with E-state index in [1.54, 1.807) is 6.33 Å². The average Bonchev–Trinajstić information content (AvgIpc) is 2.96. The van der Waals surface area contributed by atoms with Gasteiger partial charge in [-0.3, -0.25) is 0 Å². The summed E-state index contributed by atoms with van der Waals surface area (Å²) >= 11 is 8.58. The maximum atomic E-state index is 9.07. The molecule has 0 aromatic carbocycles. The van der Waals surface area contributed by atoms with Gasteiger partial charge < -0.3 is 10.1 Å². The Morgan fingerprint density at radius 3 is 3.06 bits per heavy atom.